The van der Waals surface area contributed by atoms with Gasteiger partial charge in [0.2, 0.25) is 0 Å². The van der Waals surface area contributed by atoms with Crippen molar-refractivity contribution >= 4 is 5.82 Å². The van der Waals surface area contributed by atoms with Gasteiger partial charge in [0.1, 0.15) is 0 Å². The SMILES string of the molecule is CN(CCc1ccncc1)c1nccc(CN)c1F. The maximum absolute atomic E-state index is 14.1. The van der Waals surface area contributed by atoms with Gasteiger partial charge in [0.15, 0.2) is 11.6 Å². The number of anilines is 1. The van der Waals surface area contributed by atoms with Crippen LogP contribution in [0.2, 0.25) is 0 Å². The third-order valence-electron chi connectivity index (χ3n) is 3.02. The summed E-state index contributed by atoms with van der Waals surface area (Å²) in [6, 6.07) is 5.51. The van der Waals surface area contributed by atoms with Crippen LogP contribution in [0.4, 0.5) is 10.2 Å². The maximum Gasteiger partial charge on any atom is 0.170 e. The molecule has 0 aromatic carbocycles. The van der Waals surface area contributed by atoms with Crippen LogP contribution in [0.3, 0.4) is 0 Å². The van der Waals surface area contributed by atoms with Crippen molar-refractivity contribution in [2.75, 3.05) is 18.5 Å². The van der Waals surface area contributed by atoms with Crippen LogP contribution in [0.25, 0.3) is 0 Å². The molecule has 0 saturated heterocycles. The number of pyridine rings is 2. The molecule has 2 heterocycles. The fourth-order valence-electron chi connectivity index (χ4n) is 1.85. The van der Waals surface area contributed by atoms with Gasteiger partial charge in [-0.15, -0.1) is 0 Å². The molecule has 0 bridgehead atoms. The van der Waals surface area contributed by atoms with Crippen LogP contribution in [-0.2, 0) is 13.0 Å². The monoisotopic (exact) mass is 260 g/mol. The zero-order chi connectivity index (χ0) is 13.7. The number of hydrogen-bond acceptors (Lipinski definition) is 4. The first kappa shape index (κ1) is 13.4. The lowest BCUT2D eigenvalue weighted by molar-refractivity contribution is 0.598. The van der Waals surface area contributed by atoms with Crippen molar-refractivity contribution in [2.45, 2.75) is 13.0 Å². The summed E-state index contributed by atoms with van der Waals surface area (Å²) in [5.41, 5.74) is 7.14. The van der Waals surface area contributed by atoms with Gasteiger partial charge in [-0.2, -0.15) is 0 Å². The van der Waals surface area contributed by atoms with E-state index in [1.165, 1.54) is 0 Å². The van der Waals surface area contributed by atoms with E-state index in [0.717, 1.165) is 12.0 Å². The Morgan fingerprint density at radius 2 is 1.95 bits per heavy atom. The van der Waals surface area contributed by atoms with Gasteiger partial charge in [0.05, 0.1) is 0 Å². The van der Waals surface area contributed by atoms with Crippen molar-refractivity contribution in [3.05, 3.63) is 53.7 Å². The third-order valence-corrected chi connectivity index (χ3v) is 3.02. The molecule has 5 heteroatoms. The molecule has 0 aliphatic heterocycles. The predicted octanol–water partition coefficient (Wildman–Crippen LogP) is 1.75. The lowest BCUT2D eigenvalue weighted by Crippen LogP contribution is -2.23. The number of halogens is 1. The molecule has 0 unspecified atom stereocenters. The first-order valence-electron chi connectivity index (χ1n) is 6.16. The molecule has 0 aliphatic rings. The highest BCUT2D eigenvalue weighted by Gasteiger charge is 2.12. The van der Waals surface area contributed by atoms with Crippen LogP contribution in [0.15, 0.2) is 36.8 Å². The highest BCUT2D eigenvalue weighted by atomic mass is 19.1. The Bertz CT molecular complexity index is 530. The van der Waals surface area contributed by atoms with Crippen LogP contribution >= 0.6 is 0 Å². The first-order valence-corrected chi connectivity index (χ1v) is 6.16. The average Bonchev–Trinajstić information content (AvgIpc) is 2.46. The molecule has 19 heavy (non-hydrogen) atoms. The molecule has 100 valence electrons. The molecule has 2 aromatic heterocycles. The van der Waals surface area contributed by atoms with Gasteiger partial charge in [-0.3, -0.25) is 4.98 Å². The fourth-order valence-corrected chi connectivity index (χ4v) is 1.85. The Morgan fingerprint density at radius 3 is 2.63 bits per heavy atom. The van der Waals surface area contributed by atoms with Crippen molar-refractivity contribution in [3.8, 4) is 0 Å². The van der Waals surface area contributed by atoms with E-state index in [1.807, 2.05) is 19.2 Å². The molecular formula is C14H17FN4. The van der Waals surface area contributed by atoms with E-state index in [2.05, 4.69) is 9.97 Å². The number of nitrogens with two attached hydrogens (primary N) is 1. The molecule has 0 atom stereocenters. The molecule has 0 fully saturated rings. The molecule has 2 N–H and O–H groups in total. The Balaban J connectivity index is 2.06. The zero-order valence-corrected chi connectivity index (χ0v) is 10.9. The molecule has 0 amide bonds. The van der Waals surface area contributed by atoms with E-state index in [1.54, 1.807) is 29.6 Å². The number of aromatic nitrogens is 2. The fraction of sp³-hybridized carbons (Fsp3) is 0.286. The van der Waals surface area contributed by atoms with Gasteiger partial charge < -0.3 is 10.6 Å². The molecule has 2 aromatic rings. The second-order valence-electron chi connectivity index (χ2n) is 4.34. The smallest absolute Gasteiger partial charge is 0.170 e. The highest BCUT2D eigenvalue weighted by Crippen LogP contribution is 2.18. The lowest BCUT2D eigenvalue weighted by atomic mass is 10.2. The minimum Gasteiger partial charge on any atom is -0.357 e. The number of likely N-dealkylation sites (N-methyl/N-ethyl adjacent to an activating group) is 1. The summed E-state index contributed by atoms with van der Waals surface area (Å²) in [6.45, 7) is 0.863. The largest absolute Gasteiger partial charge is 0.357 e. The van der Waals surface area contributed by atoms with Crippen molar-refractivity contribution in [1.29, 1.82) is 0 Å². The Kier molecular flexibility index (Phi) is 4.41. The lowest BCUT2D eigenvalue weighted by Gasteiger charge is -2.19. The van der Waals surface area contributed by atoms with E-state index in [9.17, 15) is 4.39 Å². The van der Waals surface area contributed by atoms with Crippen molar-refractivity contribution in [3.63, 3.8) is 0 Å². The molecule has 2 rings (SSSR count). The Hall–Kier alpha value is -2.01. The van der Waals surface area contributed by atoms with Crippen LogP contribution < -0.4 is 10.6 Å². The van der Waals surface area contributed by atoms with Crippen LogP contribution in [0, 0.1) is 5.82 Å². The molecule has 0 saturated carbocycles. The minimum absolute atomic E-state index is 0.180. The summed E-state index contributed by atoms with van der Waals surface area (Å²) in [5, 5.41) is 0. The number of nitrogens with zero attached hydrogens (tertiary/aromatic N) is 3. The van der Waals surface area contributed by atoms with Crippen LogP contribution in [-0.4, -0.2) is 23.6 Å². The van der Waals surface area contributed by atoms with E-state index >= 15 is 0 Å². The summed E-state index contributed by atoms with van der Waals surface area (Å²) in [6.07, 6.45) is 5.91. The van der Waals surface area contributed by atoms with E-state index in [-0.39, 0.29) is 12.4 Å². The maximum atomic E-state index is 14.1. The summed E-state index contributed by atoms with van der Waals surface area (Å²) in [5.74, 6) is 0.0132. The van der Waals surface area contributed by atoms with E-state index in [0.29, 0.717) is 17.9 Å². The van der Waals surface area contributed by atoms with Crippen LogP contribution in [0.5, 0.6) is 0 Å². The molecule has 0 radical (unpaired) electrons. The van der Waals surface area contributed by atoms with Crippen LogP contribution in [0.1, 0.15) is 11.1 Å². The standard InChI is InChI=1S/C14H17FN4/c1-19(9-5-11-2-6-17-7-3-11)14-13(15)12(10-16)4-8-18-14/h2-4,6-8H,5,9-10,16H2,1H3. The summed E-state index contributed by atoms with van der Waals surface area (Å²) in [4.78, 5) is 9.85. The Morgan fingerprint density at radius 1 is 1.21 bits per heavy atom. The normalized spacial score (nSPS) is 10.5. The minimum atomic E-state index is -0.331. The number of hydrogen-bond donors (Lipinski definition) is 1. The predicted molar refractivity (Wildman–Crippen MR) is 73.3 cm³/mol. The van der Waals surface area contributed by atoms with Gasteiger partial charge in [0, 0.05) is 44.3 Å². The average molecular weight is 260 g/mol. The second-order valence-corrected chi connectivity index (χ2v) is 4.34. The molecular weight excluding hydrogens is 243 g/mol. The number of rotatable bonds is 5. The molecule has 4 nitrogen and oxygen atoms in total. The summed E-state index contributed by atoms with van der Waals surface area (Å²) in [7, 11) is 1.83. The van der Waals surface area contributed by atoms with E-state index < -0.39 is 0 Å². The van der Waals surface area contributed by atoms with Gasteiger partial charge in [-0.1, -0.05) is 0 Å². The van der Waals surface area contributed by atoms with E-state index in [4.69, 9.17) is 5.73 Å². The molecule has 0 aliphatic carbocycles. The van der Waals surface area contributed by atoms with Crippen molar-refractivity contribution < 1.29 is 4.39 Å². The van der Waals surface area contributed by atoms with Gasteiger partial charge in [-0.05, 0) is 30.2 Å². The quantitative estimate of drug-likeness (QED) is 0.890. The first-order chi connectivity index (χ1) is 9.22. The topological polar surface area (TPSA) is 55.0 Å². The van der Waals surface area contributed by atoms with Gasteiger partial charge >= 0.3 is 0 Å². The Labute approximate surface area is 112 Å². The van der Waals surface area contributed by atoms with Crippen molar-refractivity contribution in [2.24, 2.45) is 5.73 Å². The highest BCUT2D eigenvalue weighted by molar-refractivity contribution is 5.42. The van der Waals surface area contributed by atoms with Gasteiger partial charge in [-0.25, -0.2) is 9.37 Å². The molecule has 0 spiro atoms. The second kappa shape index (κ2) is 6.24. The van der Waals surface area contributed by atoms with Crippen molar-refractivity contribution in [1.82, 2.24) is 9.97 Å². The third kappa shape index (κ3) is 3.26. The zero-order valence-electron chi connectivity index (χ0n) is 10.9. The van der Waals surface area contributed by atoms with Gasteiger partial charge in [0.25, 0.3) is 0 Å². The summed E-state index contributed by atoms with van der Waals surface area (Å²) >= 11 is 0. The summed E-state index contributed by atoms with van der Waals surface area (Å²) < 4.78 is 14.1.